The zero-order valence-corrected chi connectivity index (χ0v) is 12.0. The molecule has 0 radical (unpaired) electrons. The lowest BCUT2D eigenvalue weighted by atomic mass is 10.2. The minimum absolute atomic E-state index is 0.0383. The molecule has 122 valence electrons. The fourth-order valence-corrected chi connectivity index (χ4v) is 1.88. The van der Waals surface area contributed by atoms with Gasteiger partial charge in [0.25, 0.3) is 0 Å². The van der Waals surface area contributed by atoms with Crippen molar-refractivity contribution >= 4 is 5.69 Å². The summed E-state index contributed by atoms with van der Waals surface area (Å²) < 4.78 is 48.2. The molecule has 0 bridgehead atoms. The molecule has 0 aliphatic heterocycles. The molecule has 0 saturated carbocycles. The predicted molar refractivity (Wildman–Crippen MR) is 75.4 cm³/mol. The maximum absolute atomic E-state index is 12.6. The molecular formula is C15H12F3NO4. The van der Waals surface area contributed by atoms with E-state index in [1.807, 2.05) is 0 Å². The third-order valence-corrected chi connectivity index (χ3v) is 3.01. The molecule has 0 heterocycles. The number of benzene rings is 2. The van der Waals surface area contributed by atoms with E-state index in [2.05, 4.69) is 0 Å². The van der Waals surface area contributed by atoms with Gasteiger partial charge >= 0.3 is 11.9 Å². The summed E-state index contributed by atoms with van der Waals surface area (Å²) in [4.78, 5) is 10.0. The van der Waals surface area contributed by atoms with E-state index in [0.29, 0.717) is 17.4 Å². The maximum atomic E-state index is 12.6. The van der Waals surface area contributed by atoms with Gasteiger partial charge in [-0.15, -0.1) is 0 Å². The summed E-state index contributed by atoms with van der Waals surface area (Å²) in [5, 5.41) is 11.0. The van der Waals surface area contributed by atoms with Gasteiger partial charge in [-0.2, -0.15) is 13.2 Å². The molecule has 2 aromatic carbocycles. The predicted octanol–water partition coefficient (Wildman–Crippen LogP) is 4.20. The molecule has 2 aromatic rings. The van der Waals surface area contributed by atoms with Gasteiger partial charge in [-0.3, -0.25) is 10.1 Å². The number of nitro benzene ring substituents is 1. The van der Waals surface area contributed by atoms with Gasteiger partial charge in [0, 0.05) is 6.07 Å². The lowest BCUT2D eigenvalue weighted by Gasteiger charge is -2.10. The Bertz CT molecular complexity index is 716. The summed E-state index contributed by atoms with van der Waals surface area (Å²) in [6.45, 7) is -0.0383. The van der Waals surface area contributed by atoms with Crippen LogP contribution in [-0.2, 0) is 12.8 Å². The molecule has 8 heteroatoms. The van der Waals surface area contributed by atoms with Crippen LogP contribution < -0.4 is 9.47 Å². The molecule has 0 aliphatic rings. The van der Waals surface area contributed by atoms with Crippen LogP contribution in [-0.4, -0.2) is 12.0 Å². The first kappa shape index (κ1) is 16.6. The highest BCUT2D eigenvalue weighted by atomic mass is 19.4. The van der Waals surface area contributed by atoms with E-state index in [4.69, 9.17) is 9.47 Å². The smallest absolute Gasteiger partial charge is 0.416 e. The van der Waals surface area contributed by atoms with Crippen LogP contribution in [0.15, 0.2) is 42.5 Å². The molecule has 0 aliphatic carbocycles. The van der Waals surface area contributed by atoms with E-state index in [1.165, 1.54) is 7.11 Å². The number of nitro groups is 1. The molecule has 0 N–H and O–H groups in total. The molecule has 0 aromatic heterocycles. The van der Waals surface area contributed by atoms with Gasteiger partial charge in [-0.25, -0.2) is 0 Å². The summed E-state index contributed by atoms with van der Waals surface area (Å²) in [5.74, 6) is 0.346. The topological polar surface area (TPSA) is 61.6 Å². The Morgan fingerprint density at radius 1 is 1.17 bits per heavy atom. The van der Waals surface area contributed by atoms with Gasteiger partial charge < -0.3 is 9.47 Å². The van der Waals surface area contributed by atoms with Gasteiger partial charge in [-0.1, -0.05) is 12.1 Å². The number of hydrogen-bond donors (Lipinski definition) is 0. The van der Waals surface area contributed by atoms with Crippen LogP contribution in [0.5, 0.6) is 11.5 Å². The van der Waals surface area contributed by atoms with Crippen molar-refractivity contribution in [3.05, 3.63) is 63.7 Å². The van der Waals surface area contributed by atoms with Crippen molar-refractivity contribution in [3.8, 4) is 11.5 Å². The van der Waals surface area contributed by atoms with Crippen LogP contribution in [0.3, 0.4) is 0 Å². The largest absolute Gasteiger partial charge is 0.497 e. The first-order valence-corrected chi connectivity index (χ1v) is 6.42. The minimum atomic E-state index is -4.66. The van der Waals surface area contributed by atoms with E-state index in [-0.39, 0.29) is 12.4 Å². The quantitative estimate of drug-likeness (QED) is 0.610. The zero-order chi connectivity index (χ0) is 17.0. The Morgan fingerprint density at radius 2 is 1.91 bits per heavy atom. The zero-order valence-electron chi connectivity index (χ0n) is 12.0. The van der Waals surface area contributed by atoms with Crippen LogP contribution in [0, 0.1) is 10.1 Å². The molecule has 0 spiro atoms. The SMILES string of the molecule is COc1cccc(COc2ccc(C(F)(F)F)cc2[N+](=O)[O-])c1. The first-order chi connectivity index (χ1) is 10.8. The van der Waals surface area contributed by atoms with Crippen molar-refractivity contribution in [2.45, 2.75) is 12.8 Å². The average molecular weight is 327 g/mol. The highest BCUT2D eigenvalue weighted by molar-refractivity contribution is 5.49. The number of rotatable bonds is 5. The number of alkyl halides is 3. The second-order valence-electron chi connectivity index (χ2n) is 4.58. The van der Waals surface area contributed by atoms with Gasteiger partial charge in [-0.05, 0) is 29.8 Å². The summed E-state index contributed by atoms with van der Waals surface area (Å²) in [6.07, 6.45) is -4.66. The highest BCUT2D eigenvalue weighted by Crippen LogP contribution is 2.36. The molecule has 0 atom stereocenters. The van der Waals surface area contributed by atoms with E-state index in [0.717, 1.165) is 12.1 Å². The Hall–Kier alpha value is -2.77. The lowest BCUT2D eigenvalue weighted by molar-refractivity contribution is -0.386. The van der Waals surface area contributed by atoms with Crippen LogP contribution in [0.4, 0.5) is 18.9 Å². The number of halogens is 3. The number of hydrogen-bond acceptors (Lipinski definition) is 4. The molecule has 0 unspecified atom stereocenters. The highest BCUT2D eigenvalue weighted by Gasteiger charge is 2.33. The van der Waals surface area contributed by atoms with Crippen LogP contribution in [0.2, 0.25) is 0 Å². The fraction of sp³-hybridized carbons (Fsp3) is 0.200. The maximum Gasteiger partial charge on any atom is 0.416 e. The number of methoxy groups -OCH3 is 1. The summed E-state index contributed by atoms with van der Waals surface area (Å²) in [5.41, 5.74) is -1.17. The summed E-state index contributed by atoms with van der Waals surface area (Å²) >= 11 is 0. The Morgan fingerprint density at radius 3 is 2.52 bits per heavy atom. The molecule has 5 nitrogen and oxygen atoms in total. The van der Waals surface area contributed by atoms with E-state index >= 15 is 0 Å². The monoisotopic (exact) mass is 327 g/mol. The number of ether oxygens (including phenoxy) is 2. The van der Waals surface area contributed by atoms with Crippen LogP contribution in [0.1, 0.15) is 11.1 Å². The van der Waals surface area contributed by atoms with Crippen molar-refractivity contribution in [1.82, 2.24) is 0 Å². The number of nitrogens with zero attached hydrogens (tertiary/aromatic N) is 1. The van der Waals surface area contributed by atoms with Gasteiger partial charge in [0.05, 0.1) is 17.6 Å². The second-order valence-corrected chi connectivity index (χ2v) is 4.58. The summed E-state index contributed by atoms with van der Waals surface area (Å²) in [6, 6.07) is 8.94. The first-order valence-electron chi connectivity index (χ1n) is 6.42. The van der Waals surface area contributed by atoms with Crippen LogP contribution >= 0.6 is 0 Å². The minimum Gasteiger partial charge on any atom is -0.497 e. The Kier molecular flexibility index (Phi) is 4.73. The van der Waals surface area contributed by atoms with Gasteiger partial charge in [0.15, 0.2) is 5.75 Å². The van der Waals surface area contributed by atoms with Crippen molar-refractivity contribution in [1.29, 1.82) is 0 Å². The second kappa shape index (κ2) is 6.55. The summed E-state index contributed by atoms with van der Waals surface area (Å²) in [7, 11) is 1.49. The van der Waals surface area contributed by atoms with Gasteiger partial charge in [0.2, 0.25) is 0 Å². The van der Waals surface area contributed by atoms with Crippen molar-refractivity contribution in [2.24, 2.45) is 0 Å². The van der Waals surface area contributed by atoms with Gasteiger partial charge in [0.1, 0.15) is 12.4 Å². The molecular weight excluding hydrogens is 315 g/mol. The molecule has 0 fully saturated rings. The average Bonchev–Trinajstić information content (AvgIpc) is 2.52. The standard InChI is InChI=1S/C15H12F3NO4/c1-22-12-4-2-3-10(7-12)9-23-14-6-5-11(15(16,17)18)8-13(14)19(20)21/h2-8H,9H2,1H3. The third-order valence-electron chi connectivity index (χ3n) is 3.01. The molecule has 23 heavy (non-hydrogen) atoms. The van der Waals surface area contributed by atoms with E-state index in [1.54, 1.807) is 24.3 Å². The van der Waals surface area contributed by atoms with Crippen LogP contribution in [0.25, 0.3) is 0 Å². The fourth-order valence-electron chi connectivity index (χ4n) is 1.88. The normalized spacial score (nSPS) is 11.1. The third kappa shape index (κ3) is 4.12. The molecule has 0 amide bonds. The Labute approximate surface area is 129 Å². The lowest BCUT2D eigenvalue weighted by Crippen LogP contribution is -2.07. The molecule has 0 saturated heterocycles. The van der Waals surface area contributed by atoms with Crippen molar-refractivity contribution in [3.63, 3.8) is 0 Å². The van der Waals surface area contributed by atoms with E-state index < -0.39 is 22.4 Å². The van der Waals surface area contributed by atoms with Crippen molar-refractivity contribution < 1.29 is 27.6 Å². The molecule has 2 rings (SSSR count). The van der Waals surface area contributed by atoms with Crippen molar-refractivity contribution in [2.75, 3.05) is 7.11 Å². The van der Waals surface area contributed by atoms with E-state index in [9.17, 15) is 23.3 Å². The Balaban J connectivity index is 2.23.